The van der Waals surface area contributed by atoms with Crippen LogP contribution in [0.25, 0.3) is 0 Å². The summed E-state index contributed by atoms with van der Waals surface area (Å²) in [4.78, 5) is 23.4. The van der Waals surface area contributed by atoms with Gasteiger partial charge in [-0.2, -0.15) is 0 Å². The molecule has 0 saturated heterocycles. The Morgan fingerprint density at radius 2 is 1.62 bits per heavy atom. The molecule has 0 aromatic heterocycles. The first kappa shape index (κ1) is 17.8. The Hall–Kier alpha value is -2.53. The number of carbonyl (C=O) groups excluding carboxylic acids is 2. The van der Waals surface area contributed by atoms with Crippen molar-refractivity contribution < 1.29 is 9.59 Å². The summed E-state index contributed by atoms with van der Waals surface area (Å²) >= 11 is 6.04. The van der Waals surface area contributed by atoms with Crippen LogP contribution in [0.2, 0.25) is 5.02 Å². The van der Waals surface area contributed by atoms with Crippen LogP contribution in [0.3, 0.4) is 0 Å². The predicted octanol–water partition coefficient (Wildman–Crippen LogP) is 4.05. The molecule has 0 radical (unpaired) electrons. The second-order valence-corrected chi connectivity index (χ2v) is 5.76. The molecule has 2 aromatic carbocycles. The topological polar surface area (TPSA) is 70.2 Å². The molecule has 6 heteroatoms. The minimum Gasteiger partial charge on any atom is -0.376 e. The lowest BCUT2D eigenvalue weighted by molar-refractivity contribution is -0.116. The van der Waals surface area contributed by atoms with E-state index in [1.165, 1.54) is 0 Å². The van der Waals surface area contributed by atoms with E-state index in [0.717, 1.165) is 11.3 Å². The molecule has 0 aliphatic heterocycles. The lowest BCUT2D eigenvalue weighted by Crippen LogP contribution is -2.21. The van der Waals surface area contributed by atoms with Crippen molar-refractivity contribution in [1.82, 2.24) is 0 Å². The summed E-state index contributed by atoms with van der Waals surface area (Å²) in [5.74, 6) is -0.237. The molecule has 2 amide bonds. The monoisotopic (exact) mass is 345 g/mol. The number of halogens is 1. The van der Waals surface area contributed by atoms with Crippen molar-refractivity contribution in [3.8, 4) is 0 Å². The SMILES string of the molecule is CCC(=O)Nc1cccc(NCC(=O)Nc2ccc(C)c(Cl)c2)c1. The third-order valence-corrected chi connectivity index (χ3v) is 3.78. The average Bonchev–Trinajstić information content (AvgIpc) is 2.56. The summed E-state index contributed by atoms with van der Waals surface area (Å²) in [6.45, 7) is 3.80. The van der Waals surface area contributed by atoms with Gasteiger partial charge in [0.25, 0.3) is 0 Å². The van der Waals surface area contributed by atoms with E-state index in [1.807, 2.05) is 25.1 Å². The van der Waals surface area contributed by atoms with Crippen molar-refractivity contribution in [3.05, 3.63) is 53.1 Å². The maximum absolute atomic E-state index is 12.0. The van der Waals surface area contributed by atoms with Crippen LogP contribution in [0, 0.1) is 6.92 Å². The van der Waals surface area contributed by atoms with Crippen molar-refractivity contribution in [3.63, 3.8) is 0 Å². The van der Waals surface area contributed by atoms with Gasteiger partial charge in [-0.25, -0.2) is 0 Å². The Labute approximate surface area is 146 Å². The molecule has 0 heterocycles. The highest BCUT2D eigenvalue weighted by Crippen LogP contribution is 2.20. The molecule has 0 bridgehead atoms. The van der Waals surface area contributed by atoms with Gasteiger partial charge in [0, 0.05) is 28.5 Å². The van der Waals surface area contributed by atoms with E-state index < -0.39 is 0 Å². The van der Waals surface area contributed by atoms with E-state index in [1.54, 1.807) is 31.2 Å². The highest BCUT2D eigenvalue weighted by atomic mass is 35.5. The number of anilines is 3. The molecule has 126 valence electrons. The maximum atomic E-state index is 12.0. The van der Waals surface area contributed by atoms with Crippen molar-refractivity contribution >= 4 is 40.5 Å². The second-order valence-electron chi connectivity index (χ2n) is 5.35. The second kappa shape index (κ2) is 8.36. The number of amides is 2. The largest absolute Gasteiger partial charge is 0.376 e. The van der Waals surface area contributed by atoms with E-state index >= 15 is 0 Å². The van der Waals surface area contributed by atoms with Crippen molar-refractivity contribution in [2.75, 3.05) is 22.5 Å². The summed E-state index contributed by atoms with van der Waals surface area (Å²) < 4.78 is 0. The van der Waals surface area contributed by atoms with Gasteiger partial charge in [-0.1, -0.05) is 30.7 Å². The number of hydrogen-bond donors (Lipinski definition) is 3. The van der Waals surface area contributed by atoms with Crippen LogP contribution in [0.15, 0.2) is 42.5 Å². The summed E-state index contributed by atoms with van der Waals surface area (Å²) in [5.41, 5.74) is 3.05. The van der Waals surface area contributed by atoms with Crippen molar-refractivity contribution in [2.45, 2.75) is 20.3 Å². The molecular weight excluding hydrogens is 326 g/mol. The number of hydrogen-bond acceptors (Lipinski definition) is 3. The van der Waals surface area contributed by atoms with Crippen LogP contribution in [0.4, 0.5) is 17.1 Å². The van der Waals surface area contributed by atoms with Gasteiger partial charge in [0.05, 0.1) is 6.54 Å². The van der Waals surface area contributed by atoms with Crippen molar-refractivity contribution in [2.24, 2.45) is 0 Å². The fraction of sp³-hybridized carbons (Fsp3) is 0.222. The fourth-order valence-electron chi connectivity index (χ4n) is 2.01. The van der Waals surface area contributed by atoms with Gasteiger partial charge in [0.2, 0.25) is 11.8 Å². The van der Waals surface area contributed by atoms with Crippen LogP contribution in [0.1, 0.15) is 18.9 Å². The number of carbonyl (C=O) groups is 2. The molecule has 2 rings (SSSR count). The minimum atomic E-state index is -0.182. The van der Waals surface area contributed by atoms with E-state index in [4.69, 9.17) is 11.6 Å². The molecule has 0 fully saturated rings. The molecular formula is C18H20ClN3O2. The molecule has 0 aliphatic rings. The lowest BCUT2D eigenvalue weighted by Gasteiger charge is -2.10. The molecule has 0 spiro atoms. The normalized spacial score (nSPS) is 10.1. The Bertz CT molecular complexity index is 747. The van der Waals surface area contributed by atoms with Gasteiger partial charge in [-0.05, 0) is 42.8 Å². The van der Waals surface area contributed by atoms with Crippen molar-refractivity contribution in [1.29, 1.82) is 0 Å². The first-order valence-electron chi connectivity index (χ1n) is 7.67. The summed E-state index contributed by atoms with van der Waals surface area (Å²) in [6.07, 6.45) is 0.416. The standard InChI is InChI=1S/C18H20ClN3O2/c1-3-17(23)21-14-6-4-5-13(9-14)20-11-18(24)22-15-8-7-12(2)16(19)10-15/h4-10,20H,3,11H2,1-2H3,(H,21,23)(H,22,24). The maximum Gasteiger partial charge on any atom is 0.243 e. The zero-order valence-electron chi connectivity index (χ0n) is 13.7. The average molecular weight is 346 g/mol. The van der Waals surface area contributed by atoms with Gasteiger partial charge in [0.1, 0.15) is 0 Å². The third-order valence-electron chi connectivity index (χ3n) is 3.38. The number of benzene rings is 2. The third kappa shape index (κ3) is 5.28. The van der Waals surface area contributed by atoms with Gasteiger partial charge >= 0.3 is 0 Å². The van der Waals surface area contributed by atoms with E-state index in [-0.39, 0.29) is 18.4 Å². The molecule has 2 aromatic rings. The lowest BCUT2D eigenvalue weighted by atomic mass is 10.2. The predicted molar refractivity (Wildman–Crippen MR) is 98.7 cm³/mol. The fourth-order valence-corrected chi connectivity index (χ4v) is 2.19. The van der Waals surface area contributed by atoms with E-state index in [9.17, 15) is 9.59 Å². The Morgan fingerprint density at radius 3 is 2.33 bits per heavy atom. The Kier molecular flexibility index (Phi) is 6.21. The van der Waals surface area contributed by atoms with Crippen LogP contribution in [-0.4, -0.2) is 18.4 Å². The van der Waals surface area contributed by atoms with Crippen LogP contribution >= 0.6 is 11.6 Å². The highest BCUT2D eigenvalue weighted by Gasteiger charge is 2.05. The Morgan fingerprint density at radius 1 is 0.958 bits per heavy atom. The summed E-state index contributed by atoms with van der Waals surface area (Å²) in [6, 6.07) is 12.6. The molecule has 3 N–H and O–H groups in total. The molecule has 0 aliphatic carbocycles. The van der Waals surface area contributed by atoms with E-state index in [2.05, 4.69) is 16.0 Å². The van der Waals surface area contributed by atoms with Gasteiger partial charge in [-0.15, -0.1) is 0 Å². The first-order valence-corrected chi connectivity index (χ1v) is 8.05. The van der Waals surface area contributed by atoms with Crippen LogP contribution in [0.5, 0.6) is 0 Å². The van der Waals surface area contributed by atoms with Gasteiger partial charge < -0.3 is 16.0 Å². The molecule has 24 heavy (non-hydrogen) atoms. The minimum absolute atomic E-state index is 0.0545. The van der Waals surface area contributed by atoms with Crippen LogP contribution in [-0.2, 0) is 9.59 Å². The van der Waals surface area contributed by atoms with Gasteiger partial charge in [0.15, 0.2) is 0 Å². The molecule has 5 nitrogen and oxygen atoms in total. The highest BCUT2D eigenvalue weighted by molar-refractivity contribution is 6.31. The zero-order valence-corrected chi connectivity index (χ0v) is 14.4. The molecule has 0 unspecified atom stereocenters. The number of aryl methyl sites for hydroxylation is 1. The number of nitrogens with one attached hydrogen (secondary N) is 3. The summed E-state index contributed by atoms with van der Waals surface area (Å²) in [7, 11) is 0. The Balaban J connectivity index is 1.90. The number of rotatable bonds is 6. The first-order chi connectivity index (χ1) is 11.5. The summed E-state index contributed by atoms with van der Waals surface area (Å²) in [5, 5.41) is 9.19. The smallest absolute Gasteiger partial charge is 0.243 e. The molecule has 0 saturated carbocycles. The van der Waals surface area contributed by atoms with E-state index in [0.29, 0.717) is 22.8 Å². The van der Waals surface area contributed by atoms with Crippen LogP contribution < -0.4 is 16.0 Å². The quantitative estimate of drug-likeness (QED) is 0.739. The molecule has 0 atom stereocenters. The van der Waals surface area contributed by atoms with Gasteiger partial charge in [-0.3, -0.25) is 9.59 Å². The zero-order chi connectivity index (χ0) is 17.5.